The third-order valence-electron chi connectivity index (χ3n) is 5.22. The molecule has 0 saturated heterocycles. The largest absolute Gasteiger partial charge is 0.332 e. The van der Waals surface area contributed by atoms with E-state index < -0.39 is 0 Å². The second-order valence-electron chi connectivity index (χ2n) is 8.93. The normalized spacial score (nSPS) is 11.1. The monoisotopic (exact) mass is 465 g/mol. The molecule has 7 nitrogen and oxygen atoms in total. The third kappa shape index (κ3) is 6.99. The number of rotatable bonds is 10. The highest BCUT2D eigenvalue weighted by molar-refractivity contribution is 5.94. The number of nitrogens with one attached hydrogen (secondary N) is 1. The number of halogens is 1. The second kappa shape index (κ2) is 11.6. The zero-order valence-corrected chi connectivity index (χ0v) is 20.2. The number of amides is 2. The van der Waals surface area contributed by atoms with Gasteiger partial charge in [-0.2, -0.15) is 0 Å². The van der Waals surface area contributed by atoms with Crippen molar-refractivity contribution in [2.45, 2.75) is 20.3 Å². The molecule has 0 unspecified atom stereocenters. The van der Waals surface area contributed by atoms with Crippen molar-refractivity contribution in [1.82, 2.24) is 19.4 Å². The predicted molar refractivity (Wildman–Crippen MR) is 132 cm³/mol. The molecule has 0 aliphatic heterocycles. The third-order valence-corrected chi connectivity index (χ3v) is 5.22. The topological polar surface area (TPSA) is 70.5 Å². The lowest BCUT2D eigenvalue weighted by molar-refractivity contribution is -0.135. The van der Waals surface area contributed by atoms with Crippen LogP contribution in [0.5, 0.6) is 0 Å². The van der Waals surface area contributed by atoms with Crippen LogP contribution in [0.3, 0.4) is 0 Å². The van der Waals surface area contributed by atoms with Gasteiger partial charge in [0.05, 0.1) is 12.2 Å². The molecule has 3 rings (SSSR count). The summed E-state index contributed by atoms with van der Waals surface area (Å²) in [6.07, 6.45) is 2.18. The van der Waals surface area contributed by atoms with E-state index in [1.54, 1.807) is 27.8 Å². The number of anilines is 1. The smallest absolute Gasteiger partial charge is 0.246 e. The molecule has 180 valence electrons. The Morgan fingerprint density at radius 2 is 1.71 bits per heavy atom. The van der Waals surface area contributed by atoms with Crippen LogP contribution < -0.4 is 5.32 Å². The number of aromatic nitrogens is 2. The Morgan fingerprint density at radius 1 is 1.03 bits per heavy atom. The van der Waals surface area contributed by atoms with Gasteiger partial charge in [-0.3, -0.25) is 19.5 Å². The van der Waals surface area contributed by atoms with E-state index in [0.29, 0.717) is 36.8 Å². The number of likely N-dealkylation sites (N-methyl/N-ethyl adjacent to an activating group) is 1. The predicted octanol–water partition coefficient (Wildman–Crippen LogP) is 4.05. The van der Waals surface area contributed by atoms with Gasteiger partial charge in [-0.15, -0.1) is 0 Å². The highest BCUT2D eigenvalue weighted by Gasteiger charge is 2.20. The van der Waals surface area contributed by atoms with Crippen LogP contribution in [-0.4, -0.2) is 64.9 Å². The summed E-state index contributed by atoms with van der Waals surface area (Å²) in [5, 5.41) is 2.85. The molecule has 0 aliphatic rings. The second-order valence-corrected chi connectivity index (χ2v) is 8.93. The molecule has 1 N–H and O–H groups in total. The lowest BCUT2D eigenvalue weighted by Crippen LogP contribution is -2.42. The van der Waals surface area contributed by atoms with E-state index >= 15 is 0 Å². The lowest BCUT2D eigenvalue weighted by atomic mass is 10.1. The molecule has 1 aromatic heterocycles. The molecule has 2 aromatic carbocycles. The van der Waals surface area contributed by atoms with Gasteiger partial charge in [-0.25, -0.2) is 9.37 Å². The van der Waals surface area contributed by atoms with Crippen molar-refractivity contribution in [3.8, 4) is 16.9 Å². The van der Waals surface area contributed by atoms with Crippen LogP contribution in [0, 0.1) is 11.7 Å². The molecule has 1 heterocycles. The summed E-state index contributed by atoms with van der Waals surface area (Å²) in [4.78, 5) is 33.9. The van der Waals surface area contributed by atoms with Crippen molar-refractivity contribution in [3.63, 3.8) is 0 Å². The van der Waals surface area contributed by atoms with Gasteiger partial charge in [-0.05, 0) is 44.3 Å². The molecule has 0 radical (unpaired) electrons. The Kier molecular flexibility index (Phi) is 8.54. The summed E-state index contributed by atoms with van der Waals surface area (Å²) >= 11 is 0. The number of hydrogen-bond donors (Lipinski definition) is 1. The van der Waals surface area contributed by atoms with Gasteiger partial charge < -0.3 is 9.80 Å². The highest BCUT2D eigenvalue weighted by Crippen LogP contribution is 2.24. The minimum absolute atomic E-state index is 0.0566. The van der Waals surface area contributed by atoms with Gasteiger partial charge in [0.2, 0.25) is 17.8 Å². The summed E-state index contributed by atoms with van der Waals surface area (Å²) in [6, 6.07) is 15.6. The van der Waals surface area contributed by atoms with Gasteiger partial charge in [0.1, 0.15) is 5.82 Å². The van der Waals surface area contributed by atoms with Crippen LogP contribution in [-0.2, 0) is 9.59 Å². The van der Waals surface area contributed by atoms with E-state index in [9.17, 15) is 14.0 Å². The summed E-state index contributed by atoms with van der Waals surface area (Å²) in [5.74, 6) is -0.247. The van der Waals surface area contributed by atoms with Crippen molar-refractivity contribution < 1.29 is 14.0 Å². The number of hydrogen-bond acceptors (Lipinski definition) is 4. The van der Waals surface area contributed by atoms with Crippen LogP contribution in [0.15, 0.2) is 60.8 Å². The van der Waals surface area contributed by atoms with E-state index in [2.05, 4.69) is 10.3 Å². The molecule has 0 saturated carbocycles. The first-order valence-electron chi connectivity index (χ1n) is 11.4. The molecular formula is C26H32FN5O2. The summed E-state index contributed by atoms with van der Waals surface area (Å²) in [6.45, 7) is 4.99. The standard InChI is InChI=1S/C26H32FN5O2/c1-19(2)16-25(34)31(15-14-30(3)4)18-24(33)29-26-28-23(20-8-6-5-7-9-20)17-32(26)22-12-10-21(27)11-13-22/h5-13,17,19H,14-16,18H2,1-4H3,(H,28,29,33). The van der Waals surface area contributed by atoms with Crippen LogP contribution in [0.1, 0.15) is 20.3 Å². The van der Waals surface area contributed by atoms with E-state index in [4.69, 9.17) is 0 Å². The van der Waals surface area contributed by atoms with Gasteiger partial charge in [0.25, 0.3) is 0 Å². The van der Waals surface area contributed by atoms with Crippen LogP contribution in [0.4, 0.5) is 10.3 Å². The van der Waals surface area contributed by atoms with Crippen molar-refractivity contribution in [2.24, 2.45) is 5.92 Å². The Bertz CT molecular complexity index is 1090. The van der Waals surface area contributed by atoms with Gasteiger partial charge in [0.15, 0.2) is 0 Å². The van der Waals surface area contributed by atoms with Crippen LogP contribution >= 0.6 is 0 Å². The van der Waals surface area contributed by atoms with E-state index in [1.165, 1.54) is 12.1 Å². The molecule has 0 bridgehead atoms. The molecule has 0 fully saturated rings. The van der Waals surface area contributed by atoms with Crippen LogP contribution in [0.25, 0.3) is 16.9 Å². The zero-order chi connectivity index (χ0) is 24.7. The average molecular weight is 466 g/mol. The minimum Gasteiger partial charge on any atom is -0.332 e. The first kappa shape index (κ1) is 25.1. The fourth-order valence-electron chi connectivity index (χ4n) is 3.44. The SMILES string of the molecule is CC(C)CC(=O)N(CCN(C)C)CC(=O)Nc1nc(-c2ccccc2)cn1-c1ccc(F)cc1. The maximum atomic E-state index is 13.5. The Labute approximate surface area is 200 Å². The van der Waals surface area contributed by atoms with E-state index in [-0.39, 0.29) is 30.1 Å². The number of carbonyl (C=O) groups excluding carboxylic acids is 2. The maximum Gasteiger partial charge on any atom is 0.246 e. The molecule has 34 heavy (non-hydrogen) atoms. The molecule has 0 aliphatic carbocycles. The summed E-state index contributed by atoms with van der Waals surface area (Å²) < 4.78 is 15.2. The number of imidazole rings is 1. The molecule has 3 aromatic rings. The first-order chi connectivity index (χ1) is 16.2. The Morgan fingerprint density at radius 3 is 2.32 bits per heavy atom. The zero-order valence-electron chi connectivity index (χ0n) is 20.2. The molecule has 2 amide bonds. The quantitative estimate of drug-likeness (QED) is 0.490. The Balaban J connectivity index is 1.85. The van der Waals surface area contributed by atoms with Crippen molar-refractivity contribution in [2.75, 3.05) is 39.0 Å². The number of nitrogens with zero attached hydrogens (tertiary/aromatic N) is 4. The fraction of sp³-hybridized carbons (Fsp3) is 0.346. The van der Waals surface area contributed by atoms with Crippen LogP contribution in [0.2, 0.25) is 0 Å². The molecule has 8 heteroatoms. The van der Waals surface area contributed by atoms with Gasteiger partial charge >= 0.3 is 0 Å². The van der Waals surface area contributed by atoms with Crippen molar-refractivity contribution in [3.05, 3.63) is 66.6 Å². The van der Waals surface area contributed by atoms with Crippen molar-refractivity contribution >= 4 is 17.8 Å². The number of carbonyl (C=O) groups is 2. The fourth-order valence-corrected chi connectivity index (χ4v) is 3.44. The molecule has 0 spiro atoms. The maximum absolute atomic E-state index is 13.5. The Hall–Kier alpha value is -3.52. The van der Waals surface area contributed by atoms with Crippen molar-refractivity contribution in [1.29, 1.82) is 0 Å². The van der Waals surface area contributed by atoms with Gasteiger partial charge in [0, 0.05) is 37.0 Å². The summed E-state index contributed by atoms with van der Waals surface area (Å²) in [7, 11) is 3.85. The average Bonchev–Trinajstić information content (AvgIpc) is 3.20. The molecular weight excluding hydrogens is 433 g/mol. The minimum atomic E-state index is -0.349. The summed E-state index contributed by atoms with van der Waals surface area (Å²) in [5.41, 5.74) is 2.21. The van der Waals surface area contributed by atoms with E-state index in [1.807, 2.05) is 63.2 Å². The highest BCUT2D eigenvalue weighted by atomic mass is 19.1. The van der Waals surface area contributed by atoms with E-state index in [0.717, 1.165) is 5.56 Å². The molecule has 0 atom stereocenters. The lowest BCUT2D eigenvalue weighted by Gasteiger charge is -2.24. The van der Waals surface area contributed by atoms with Gasteiger partial charge in [-0.1, -0.05) is 44.2 Å². The number of benzene rings is 2. The first-order valence-corrected chi connectivity index (χ1v) is 11.4.